The van der Waals surface area contributed by atoms with Crippen LogP contribution in [-0.4, -0.2) is 59.9 Å². The molecule has 1 saturated carbocycles. The minimum Gasteiger partial charge on any atom is -0.471 e. The molecule has 0 aromatic carbocycles. The summed E-state index contributed by atoms with van der Waals surface area (Å²) in [6.45, 7) is 11.3. The smallest absolute Gasteiger partial charge is 0.350 e. The first kappa shape index (κ1) is 20.8. The van der Waals surface area contributed by atoms with Gasteiger partial charge in [0.05, 0.1) is 11.5 Å². The van der Waals surface area contributed by atoms with Crippen LogP contribution in [-0.2, 0) is 16.3 Å². The molecule has 1 saturated heterocycles. The molecule has 1 spiro atoms. The summed E-state index contributed by atoms with van der Waals surface area (Å²) in [6.07, 6.45) is 3.35. The molecule has 1 aromatic heterocycles. The standard InChI is InChI=1S/C18H30N4O5Si/c1-14(23)20-11-18(12-20)7-15(8-18)10-27-17-16(22(24)25)9-21(19-17)13-26-5-6-28(2,3)4/h9,15H,5-8,10-13H2,1-4H3. The van der Waals surface area contributed by atoms with Crippen LogP contribution in [0.5, 0.6) is 5.88 Å². The van der Waals surface area contributed by atoms with Crippen LogP contribution in [0.4, 0.5) is 5.69 Å². The quantitative estimate of drug-likeness (QED) is 0.269. The van der Waals surface area contributed by atoms with Crippen molar-refractivity contribution in [3.8, 4) is 5.88 Å². The molecule has 2 heterocycles. The van der Waals surface area contributed by atoms with E-state index < -0.39 is 13.0 Å². The van der Waals surface area contributed by atoms with Gasteiger partial charge in [-0.2, -0.15) is 0 Å². The van der Waals surface area contributed by atoms with Crippen LogP contribution in [0.25, 0.3) is 0 Å². The number of hydrogen-bond acceptors (Lipinski definition) is 6. The van der Waals surface area contributed by atoms with Crippen molar-refractivity contribution in [1.29, 1.82) is 0 Å². The van der Waals surface area contributed by atoms with Crippen LogP contribution in [0.15, 0.2) is 6.20 Å². The molecule has 9 nitrogen and oxygen atoms in total. The Labute approximate surface area is 166 Å². The molecule has 1 aromatic rings. The molecule has 1 amide bonds. The number of hydrogen-bond donors (Lipinski definition) is 0. The lowest BCUT2D eigenvalue weighted by atomic mass is 9.58. The Bertz CT molecular complexity index is 731. The van der Waals surface area contributed by atoms with Crippen LogP contribution in [0.2, 0.25) is 25.7 Å². The van der Waals surface area contributed by atoms with Crippen molar-refractivity contribution < 1.29 is 19.2 Å². The number of nitro groups is 1. The highest BCUT2D eigenvalue weighted by atomic mass is 28.3. The summed E-state index contributed by atoms with van der Waals surface area (Å²) in [4.78, 5) is 24.0. The maximum atomic E-state index is 11.3. The average Bonchev–Trinajstić information content (AvgIpc) is 2.90. The number of carbonyl (C=O) groups is 1. The highest BCUT2D eigenvalue weighted by molar-refractivity contribution is 6.76. The highest BCUT2D eigenvalue weighted by Crippen LogP contribution is 2.51. The van der Waals surface area contributed by atoms with Gasteiger partial charge < -0.3 is 14.4 Å². The van der Waals surface area contributed by atoms with Crippen molar-refractivity contribution in [2.24, 2.45) is 11.3 Å². The Morgan fingerprint density at radius 2 is 2.07 bits per heavy atom. The minimum atomic E-state index is -1.17. The van der Waals surface area contributed by atoms with E-state index in [9.17, 15) is 14.9 Å². The molecule has 0 bridgehead atoms. The molecule has 156 valence electrons. The fraction of sp³-hybridized carbons (Fsp3) is 0.778. The zero-order chi connectivity index (χ0) is 20.5. The Morgan fingerprint density at radius 1 is 1.39 bits per heavy atom. The number of nitrogens with zero attached hydrogens (tertiary/aromatic N) is 4. The maximum Gasteiger partial charge on any atom is 0.350 e. The Balaban J connectivity index is 1.45. The van der Waals surface area contributed by atoms with Crippen molar-refractivity contribution in [2.45, 2.75) is 52.2 Å². The largest absolute Gasteiger partial charge is 0.471 e. The molecular weight excluding hydrogens is 380 g/mol. The summed E-state index contributed by atoms with van der Waals surface area (Å²) >= 11 is 0. The first-order valence-corrected chi connectivity index (χ1v) is 13.5. The van der Waals surface area contributed by atoms with Gasteiger partial charge in [0, 0.05) is 40.1 Å². The first-order chi connectivity index (χ1) is 13.1. The van der Waals surface area contributed by atoms with Gasteiger partial charge in [-0.15, -0.1) is 5.10 Å². The average molecular weight is 411 g/mol. The molecule has 2 fully saturated rings. The molecule has 2 aliphatic rings. The van der Waals surface area contributed by atoms with E-state index in [2.05, 4.69) is 24.7 Å². The van der Waals surface area contributed by atoms with Crippen molar-refractivity contribution in [2.75, 3.05) is 26.3 Å². The summed E-state index contributed by atoms with van der Waals surface area (Å²) in [5.74, 6) is 0.532. The van der Waals surface area contributed by atoms with Gasteiger partial charge in [0.25, 0.3) is 0 Å². The van der Waals surface area contributed by atoms with E-state index in [1.807, 2.05) is 4.90 Å². The predicted molar refractivity (Wildman–Crippen MR) is 106 cm³/mol. The molecular formula is C18H30N4O5Si. The first-order valence-electron chi connectivity index (χ1n) is 9.75. The summed E-state index contributed by atoms with van der Waals surface area (Å²) in [5, 5.41) is 15.5. The molecule has 3 rings (SSSR count). The molecule has 1 aliphatic heterocycles. The van der Waals surface area contributed by atoms with Gasteiger partial charge in [-0.25, -0.2) is 4.68 Å². The number of aromatic nitrogens is 2. The fourth-order valence-electron chi connectivity index (χ4n) is 3.95. The fourth-order valence-corrected chi connectivity index (χ4v) is 4.70. The zero-order valence-corrected chi connectivity index (χ0v) is 18.1. The predicted octanol–water partition coefficient (Wildman–Crippen LogP) is 2.74. The normalized spacial score (nSPS) is 18.6. The molecule has 1 aliphatic carbocycles. The van der Waals surface area contributed by atoms with E-state index in [0.29, 0.717) is 19.1 Å². The summed E-state index contributed by atoms with van der Waals surface area (Å²) in [7, 11) is -1.17. The van der Waals surface area contributed by atoms with E-state index in [4.69, 9.17) is 9.47 Å². The summed E-state index contributed by atoms with van der Waals surface area (Å²) < 4.78 is 12.7. The van der Waals surface area contributed by atoms with Crippen LogP contribution >= 0.6 is 0 Å². The summed E-state index contributed by atoms with van der Waals surface area (Å²) in [6, 6.07) is 1.03. The topological polar surface area (TPSA) is 99.7 Å². The van der Waals surface area contributed by atoms with Gasteiger partial charge in [0.2, 0.25) is 5.91 Å². The van der Waals surface area contributed by atoms with Crippen molar-refractivity contribution in [1.82, 2.24) is 14.7 Å². The second kappa shape index (κ2) is 7.82. The lowest BCUT2D eigenvalue weighted by molar-refractivity contribution is -0.386. The van der Waals surface area contributed by atoms with Gasteiger partial charge in [-0.1, -0.05) is 19.6 Å². The Hall–Kier alpha value is -1.94. The molecule has 0 unspecified atom stereocenters. The number of rotatable bonds is 9. The van der Waals surface area contributed by atoms with Gasteiger partial charge in [0.15, 0.2) is 0 Å². The Morgan fingerprint density at radius 3 is 2.64 bits per heavy atom. The second-order valence-electron chi connectivity index (χ2n) is 9.42. The second-order valence-corrected chi connectivity index (χ2v) is 15.0. The zero-order valence-electron chi connectivity index (χ0n) is 17.1. The number of ether oxygens (including phenoxy) is 2. The minimum absolute atomic E-state index is 0.0544. The van der Waals surface area contributed by atoms with Gasteiger partial charge in [-0.05, 0) is 24.8 Å². The molecule has 28 heavy (non-hydrogen) atoms. The number of amides is 1. The van der Waals surface area contributed by atoms with E-state index in [0.717, 1.165) is 32.0 Å². The lowest BCUT2D eigenvalue weighted by Crippen LogP contribution is -2.63. The van der Waals surface area contributed by atoms with Crippen molar-refractivity contribution in [3.05, 3.63) is 16.3 Å². The van der Waals surface area contributed by atoms with Crippen molar-refractivity contribution in [3.63, 3.8) is 0 Å². The molecule has 0 radical (unpaired) electrons. The lowest BCUT2D eigenvalue weighted by Gasteiger charge is -2.58. The molecule has 10 heteroatoms. The monoisotopic (exact) mass is 410 g/mol. The molecule has 0 atom stereocenters. The van der Waals surface area contributed by atoms with Gasteiger partial charge in [-0.3, -0.25) is 14.9 Å². The maximum absolute atomic E-state index is 11.3. The van der Waals surface area contributed by atoms with Crippen LogP contribution in [0.3, 0.4) is 0 Å². The SMILES string of the molecule is CC(=O)N1CC2(CC(COc3nn(COCC[Si](C)(C)C)cc3[N+](=O)[O-])C2)C1. The number of likely N-dealkylation sites (tertiary alicyclic amines) is 1. The van der Waals surface area contributed by atoms with E-state index in [1.54, 1.807) is 6.92 Å². The Kier molecular flexibility index (Phi) is 5.81. The number of carbonyl (C=O) groups excluding carboxylic acids is 1. The van der Waals surface area contributed by atoms with Crippen LogP contribution < -0.4 is 4.74 Å². The third-order valence-electron chi connectivity index (χ3n) is 5.52. The highest BCUT2D eigenvalue weighted by Gasteiger charge is 2.53. The van der Waals surface area contributed by atoms with E-state index >= 15 is 0 Å². The van der Waals surface area contributed by atoms with Gasteiger partial charge >= 0.3 is 11.6 Å². The third-order valence-corrected chi connectivity index (χ3v) is 7.23. The summed E-state index contributed by atoms with van der Waals surface area (Å²) in [5.41, 5.74) is 0.115. The van der Waals surface area contributed by atoms with Crippen LogP contribution in [0, 0.1) is 21.4 Å². The van der Waals surface area contributed by atoms with E-state index in [1.165, 1.54) is 10.9 Å². The molecule has 0 N–H and O–H groups in total. The van der Waals surface area contributed by atoms with Crippen LogP contribution in [0.1, 0.15) is 19.8 Å². The van der Waals surface area contributed by atoms with Crippen molar-refractivity contribution >= 4 is 19.7 Å². The third kappa shape index (κ3) is 4.91. The van der Waals surface area contributed by atoms with E-state index in [-0.39, 0.29) is 29.6 Å². The van der Waals surface area contributed by atoms with Gasteiger partial charge in [0.1, 0.15) is 12.9 Å².